The Morgan fingerprint density at radius 2 is 0.981 bits per heavy atom. The molecule has 10 atom stereocenters. The fourth-order valence-electron chi connectivity index (χ4n) is 13.2. The van der Waals surface area contributed by atoms with E-state index >= 15 is 32.8 Å². The normalized spacial score (nSPS) is 25.2. The number of nitrogens with one attached hydrogen (secondary N) is 5. The quantitative estimate of drug-likeness (QED) is 0.104. The highest BCUT2D eigenvalue weighted by Gasteiger charge is 2.43. The summed E-state index contributed by atoms with van der Waals surface area (Å²) in [6.07, 6.45) is -0.224. The van der Waals surface area contributed by atoms with E-state index < -0.39 is 170 Å². The van der Waals surface area contributed by atoms with Crippen molar-refractivity contribution < 1.29 is 76.2 Å². The summed E-state index contributed by atoms with van der Waals surface area (Å²) in [6.45, 7) is 14.5. The summed E-state index contributed by atoms with van der Waals surface area (Å²) in [6, 6.07) is 4.22. The second-order valence-corrected chi connectivity index (χ2v) is 30.5. The van der Waals surface area contributed by atoms with Gasteiger partial charge in [-0.1, -0.05) is 116 Å². The first-order chi connectivity index (χ1) is 49.4. The largest absolute Gasteiger partial charge is 0.391 e. The van der Waals surface area contributed by atoms with Crippen molar-refractivity contribution in [1.29, 1.82) is 0 Å². The molecule has 2 aromatic rings. The molecule has 0 aliphatic carbocycles. The second-order valence-electron chi connectivity index (χ2n) is 30.5. The fourth-order valence-corrected chi connectivity index (χ4v) is 13.2. The fraction of sp³-hybridized carbons (Fsp3) is 0.684. The van der Waals surface area contributed by atoms with Gasteiger partial charge in [0.05, 0.1) is 38.8 Å². The van der Waals surface area contributed by atoms with Crippen LogP contribution < -0.4 is 26.6 Å². The molecule has 586 valence electrons. The first-order valence-electron chi connectivity index (χ1n) is 37.2. The molecule has 6 N–H and O–H groups in total. The monoisotopic (exact) mass is 1480 g/mol. The molecule has 3 aliphatic heterocycles. The van der Waals surface area contributed by atoms with Crippen LogP contribution in [0, 0.1) is 23.7 Å². The molecular weight excluding hydrogens is 1360 g/mol. The highest BCUT2D eigenvalue weighted by atomic mass is 19.3. The summed E-state index contributed by atoms with van der Waals surface area (Å²) in [7, 11) is 8.00. The number of carbonyl (C=O) groups is 12. The number of hydrogen-bond donors (Lipinski definition) is 6. The number of nitrogens with zero attached hydrogens (tertiary/aromatic N) is 8. The first kappa shape index (κ1) is 87.5. The van der Waals surface area contributed by atoms with E-state index in [1.54, 1.807) is 65.6 Å². The van der Waals surface area contributed by atoms with Crippen LogP contribution in [0.1, 0.15) is 144 Å². The smallest absolute Gasteiger partial charge is 0.260 e. The number of likely N-dealkylation sites (N-methyl/N-ethyl adjacent to an activating group) is 6. The van der Waals surface area contributed by atoms with Crippen molar-refractivity contribution in [3.05, 3.63) is 71.8 Å². The molecule has 0 spiro atoms. The van der Waals surface area contributed by atoms with Crippen molar-refractivity contribution in [3.63, 3.8) is 0 Å². The Kier molecular flexibility index (Phi) is 34.7. The summed E-state index contributed by atoms with van der Waals surface area (Å²) >= 11 is 0. The number of piperidine rings is 2. The van der Waals surface area contributed by atoms with Gasteiger partial charge in [-0.15, -0.1) is 0 Å². The molecule has 2 aromatic carbocycles. The maximum Gasteiger partial charge on any atom is 0.260 e. The van der Waals surface area contributed by atoms with Gasteiger partial charge in [-0.2, -0.15) is 0 Å². The van der Waals surface area contributed by atoms with Gasteiger partial charge in [0.1, 0.15) is 54.4 Å². The Morgan fingerprint density at radius 3 is 1.47 bits per heavy atom. The van der Waals surface area contributed by atoms with Gasteiger partial charge in [0.25, 0.3) is 5.92 Å². The SMILES string of the molecule is CC(C)CCOC[C@@H]1NC(=O)[C@H](CCN2CCCC(F)(F)C2)NC(=O)[C@H](Cc2ccccc2)N(C)C(=O)CN(C)C(=O)[C@H]([C@@H](C)O)NC(=O)[C@H](CC(C)C)N(C)C(=O)[C@H](CC(C)C)NC(=O)[C@H](Cc2ccccc2)N(C)C(=O)CN(C)C(=O)C[C@@H](C(=O)N2CCCCC2)NC(=O)[C@H](CC(C)C)N(C)C1=O. The van der Waals surface area contributed by atoms with Gasteiger partial charge >= 0.3 is 0 Å². The number of carbonyl (C=O) groups excluding carboxylic acids is 12. The lowest BCUT2D eigenvalue weighted by Gasteiger charge is -2.36. The van der Waals surface area contributed by atoms with Gasteiger partial charge in [0.2, 0.25) is 70.9 Å². The van der Waals surface area contributed by atoms with Crippen LogP contribution in [0.25, 0.3) is 0 Å². The molecule has 27 nitrogen and oxygen atoms in total. The minimum Gasteiger partial charge on any atom is -0.391 e. The number of aliphatic hydroxyl groups is 1. The number of hydrogen-bond acceptors (Lipinski definition) is 15. The van der Waals surface area contributed by atoms with Gasteiger partial charge < -0.3 is 70.7 Å². The van der Waals surface area contributed by atoms with Crippen LogP contribution in [-0.2, 0) is 75.1 Å². The van der Waals surface area contributed by atoms with Gasteiger partial charge in [-0.05, 0) is 106 Å². The van der Waals surface area contributed by atoms with Crippen molar-refractivity contribution >= 4 is 70.9 Å². The maximum atomic E-state index is 15.3. The van der Waals surface area contributed by atoms with E-state index in [1.807, 2.05) is 55.4 Å². The lowest BCUT2D eigenvalue weighted by atomic mass is 9.97. The summed E-state index contributed by atoms with van der Waals surface area (Å²) in [5.41, 5.74) is 1.20. The highest BCUT2D eigenvalue weighted by Crippen LogP contribution is 2.27. The third-order valence-corrected chi connectivity index (χ3v) is 19.6. The molecule has 3 heterocycles. The van der Waals surface area contributed by atoms with Crippen LogP contribution >= 0.6 is 0 Å². The van der Waals surface area contributed by atoms with Gasteiger partial charge in [-0.25, -0.2) is 8.78 Å². The van der Waals surface area contributed by atoms with Crippen molar-refractivity contribution in [2.75, 3.05) is 101 Å². The van der Waals surface area contributed by atoms with E-state index in [4.69, 9.17) is 4.74 Å². The predicted molar refractivity (Wildman–Crippen MR) is 392 cm³/mol. The van der Waals surface area contributed by atoms with Gasteiger partial charge in [0, 0.05) is 87.8 Å². The van der Waals surface area contributed by atoms with E-state index in [0.29, 0.717) is 43.5 Å². The third-order valence-electron chi connectivity index (χ3n) is 19.6. The Balaban J connectivity index is 1.68. The van der Waals surface area contributed by atoms with E-state index in [-0.39, 0.29) is 94.7 Å². The zero-order chi connectivity index (χ0) is 78.2. The zero-order valence-corrected chi connectivity index (χ0v) is 64.5. The molecule has 0 unspecified atom stereocenters. The number of benzene rings is 2. The van der Waals surface area contributed by atoms with Gasteiger partial charge in [-0.3, -0.25) is 62.4 Å². The number of rotatable bonds is 20. The standard InChI is InChI=1S/C76H119F2N13O14/c1-48(2)31-37-105-46-58-73(102)89(15)59(39-50(5)6)68(97)81-57(74(103)91-34-23-18-24-35-91)43-63(93)84(10)44-64(94)86(12)62(42-54-28-21-17-22-29-54)70(99)80-56(38-49(3)4)72(101)88(14)60(40-51(7)8)71(100)83-66(52(9)92)75(104)85(11)45-65(95)87(13)61(41-53-26-19-16-20-27-53)69(98)79-55(67(96)82-58)30-36-90-33-25-32-76(77,78)47-90/h16-17,19-22,26-29,48-52,55-62,66,92H,18,23-25,30-47H2,1-15H3,(H,79,98)(H,80,99)(H,81,97)(H,82,96)(H,83,100)/t52-,55+,56+,57+,58+,59+,60+,61+,62+,66+/m1/s1. The Morgan fingerprint density at radius 1 is 0.514 bits per heavy atom. The minimum absolute atomic E-state index is 0.00242. The van der Waals surface area contributed by atoms with E-state index in [0.717, 1.165) is 35.8 Å². The molecule has 0 bridgehead atoms. The molecule has 3 fully saturated rings. The average Bonchev–Trinajstić information content (AvgIpc) is 0.826. The summed E-state index contributed by atoms with van der Waals surface area (Å²) in [5.74, 6) is -13.3. The van der Waals surface area contributed by atoms with Crippen LogP contribution in [0.3, 0.4) is 0 Å². The number of aliphatic hydroxyl groups excluding tert-OH is 1. The number of likely N-dealkylation sites (tertiary alicyclic amines) is 2. The first-order valence-corrected chi connectivity index (χ1v) is 37.2. The summed E-state index contributed by atoms with van der Waals surface area (Å²) in [5, 5.41) is 25.1. The lowest BCUT2D eigenvalue weighted by Crippen LogP contribution is -2.62. The van der Waals surface area contributed by atoms with Crippen molar-refractivity contribution in [3.8, 4) is 0 Å². The number of alkyl halides is 2. The lowest BCUT2D eigenvalue weighted by molar-refractivity contribution is -0.148. The van der Waals surface area contributed by atoms with Crippen LogP contribution in [0.2, 0.25) is 0 Å². The van der Waals surface area contributed by atoms with E-state index in [1.165, 1.54) is 54.1 Å². The number of amides is 12. The van der Waals surface area contributed by atoms with E-state index in [9.17, 15) is 38.7 Å². The van der Waals surface area contributed by atoms with Crippen molar-refractivity contribution in [2.45, 2.75) is 212 Å². The number of ether oxygens (including phenoxy) is 1. The zero-order valence-electron chi connectivity index (χ0n) is 64.5. The van der Waals surface area contributed by atoms with E-state index in [2.05, 4.69) is 26.6 Å². The predicted octanol–water partition coefficient (Wildman–Crippen LogP) is 3.24. The molecule has 105 heavy (non-hydrogen) atoms. The molecule has 3 saturated heterocycles. The molecule has 0 saturated carbocycles. The topological polar surface area (TPSA) is 320 Å². The molecular formula is C76H119F2N13O14. The average molecular weight is 1480 g/mol. The Hall–Kier alpha value is -8.18. The van der Waals surface area contributed by atoms with Crippen molar-refractivity contribution in [1.82, 2.24) is 65.8 Å². The summed E-state index contributed by atoms with van der Waals surface area (Å²) in [4.78, 5) is 189. The Labute approximate surface area is 619 Å². The Bertz CT molecular complexity index is 3230. The van der Waals surface area contributed by atoms with Crippen LogP contribution in [0.15, 0.2) is 60.7 Å². The molecule has 12 amide bonds. The minimum atomic E-state index is -3.05. The second kappa shape index (κ2) is 41.7. The molecule has 3 aliphatic rings. The molecule has 29 heteroatoms. The van der Waals surface area contributed by atoms with Crippen LogP contribution in [0.4, 0.5) is 8.78 Å². The van der Waals surface area contributed by atoms with Crippen LogP contribution in [0.5, 0.6) is 0 Å². The maximum absolute atomic E-state index is 15.3. The molecule has 0 aromatic heterocycles. The third kappa shape index (κ3) is 27.3. The van der Waals surface area contributed by atoms with Crippen molar-refractivity contribution in [2.24, 2.45) is 23.7 Å². The number of halogens is 2. The van der Waals surface area contributed by atoms with Crippen LogP contribution in [-0.4, -0.2) is 283 Å². The summed E-state index contributed by atoms with van der Waals surface area (Å²) < 4.78 is 36.1. The highest BCUT2D eigenvalue weighted by molar-refractivity contribution is 6.00. The molecule has 0 radical (unpaired) electrons. The van der Waals surface area contributed by atoms with Gasteiger partial charge in [0.15, 0.2) is 0 Å². The molecule has 5 rings (SSSR count).